The summed E-state index contributed by atoms with van der Waals surface area (Å²) in [6.07, 6.45) is 5.31. The van der Waals surface area contributed by atoms with Gasteiger partial charge >= 0.3 is 12.0 Å². The van der Waals surface area contributed by atoms with Crippen molar-refractivity contribution in [1.82, 2.24) is 10.6 Å². The van der Waals surface area contributed by atoms with Gasteiger partial charge in [-0.05, 0) is 56.8 Å². The highest BCUT2D eigenvalue weighted by atomic mass is 16.5. The second-order valence-corrected chi connectivity index (χ2v) is 7.85. The second-order valence-electron chi connectivity index (χ2n) is 7.85. The zero-order valence-corrected chi connectivity index (χ0v) is 14.1. The molecule has 7 nitrogen and oxygen atoms in total. The Kier molecular flexibility index (Phi) is 4.55. The molecule has 0 aromatic carbocycles. The molecule has 134 valence electrons. The van der Waals surface area contributed by atoms with Gasteiger partial charge in [-0.15, -0.1) is 0 Å². The minimum absolute atomic E-state index is 0.373. The highest BCUT2D eigenvalue weighted by Gasteiger charge is 2.60. The molecule has 0 aromatic heterocycles. The van der Waals surface area contributed by atoms with Gasteiger partial charge < -0.3 is 15.2 Å². The number of carbonyl (C=O) groups is 3. The predicted molar refractivity (Wildman–Crippen MR) is 84.9 cm³/mol. The number of hydrogen-bond acceptors (Lipinski definition) is 5. The van der Waals surface area contributed by atoms with Crippen LogP contribution in [0.1, 0.15) is 51.9 Å². The Bertz CT molecular complexity index is 533. The molecular formula is C17H26N2O5. The van der Waals surface area contributed by atoms with E-state index in [9.17, 15) is 19.5 Å². The van der Waals surface area contributed by atoms with Crippen LogP contribution >= 0.6 is 0 Å². The van der Waals surface area contributed by atoms with E-state index in [-0.39, 0.29) is 0 Å². The van der Waals surface area contributed by atoms with Crippen molar-refractivity contribution in [3.8, 4) is 0 Å². The molecule has 0 spiro atoms. The quantitative estimate of drug-likeness (QED) is 0.651. The number of hydrogen-bond donors (Lipinski definition) is 3. The van der Waals surface area contributed by atoms with E-state index in [4.69, 9.17) is 4.74 Å². The van der Waals surface area contributed by atoms with Gasteiger partial charge in [0.2, 0.25) is 0 Å². The number of carbonyl (C=O) groups excluding carboxylic acids is 3. The van der Waals surface area contributed by atoms with Gasteiger partial charge in [0.15, 0.2) is 6.61 Å². The lowest BCUT2D eigenvalue weighted by molar-refractivity contribution is -0.196. The molecule has 4 aliphatic rings. The predicted octanol–water partition coefficient (Wildman–Crippen LogP) is 1.10. The first-order chi connectivity index (χ1) is 11.3. The van der Waals surface area contributed by atoms with E-state index in [1.165, 1.54) is 0 Å². The number of aliphatic hydroxyl groups is 1. The first-order valence-electron chi connectivity index (χ1n) is 8.81. The Morgan fingerprint density at radius 1 is 1.17 bits per heavy atom. The number of amides is 3. The van der Waals surface area contributed by atoms with Crippen LogP contribution in [0.25, 0.3) is 0 Å². The zero-order chi connectivity index (χ0) is 17.4. The van der Waals surface area contributed by atoms with E-state index in [1.54, 1.807) is 0 Å². The third kappa shape index (κ3) is 3.41. The van der Waals surface area contributed by atoms with Crippen molar-refractivity contribution in [2.24, 2.45) is 17.3 Å². The van der Waals surface area contributed by atoms with Gasteiger partial charge in [-0.3, -0.25) is 14.9 Å². The molecule has 0 radical (unpaired) electrons. The molecule has 4 bridgehead atoms. The van der Waals surface area contributed by atoms with Crippen molar-refractivity contribution in [3.63, 3.8) is 0 Å². The maximum Gasteiger partial charge on any atom is 0.321 e. The molecule has 7 heteroatoms. The van der Waals surface area contributed by atoms with Gasteiger partial charge in [0.05, 0.1) is 11.0 Å². The second kappa shape index (κ2) is 6.35. The Morgan fingerprint density at radius 2 is 1.83 bits per heavy atom. The molecule has 4 saturated carbocycles. The molecule has 4 fully saturated rings. The average Bonchev–Trinajstić information content (AvgIpc) is 2.48. The maximum absolute atomic E-state index is 12.6. The number of nitrogens with one attached hydrogen (secondary N) is 2. The number of urea groups is 1. The van der Waals surface area contributed by atoms with Crippen molar-refractivity contribution in [2.75, 3.05) is 13.2 Å². The summed E-state index contributed by atoms with van der Waals surface area (Å²) in [7, 11) is 0. The number of esters is 1. The lowest BCUT2D eigenvalue weighted by Crippen LogP contribution is -2.58. The van der Waals surface area contributed by atoms with Crippen LogP contribution in [0.3, 0.4) is 0 Å². The monoisotopic (exact) mass is 338 g/mol. The summed E-state index contributed by atoms with van der Waals surface area (Å²) in [5.41, 5.74) is -1.39. The Labute approximate surface area is 141 Å². The summed E-state index contributed by atoms with van der Waals surface area (Å²) in [6.45, 7) is 1.92. The minimum Gasteiger partial charge on any atom is -0.455 e. The van der Waals surface area contributed by atoms with E-state index in [2.05, 4.69) is 10.6 Å². The van der Waals surface area contributed by atoms with Crippen molar-refractivity contribution in [2.45, 2.75) is 57.5 Å². The van der Waals surface area contributed by atoms with Crippen LogP contribution in [0.15, 0.2) is 0 Å². The first-order valence-corrected chi connectivity index (χ1v) is 8.81. The fraction of sp³-hybridized carbons (Fsp3) is 0.824. The first kappa shape index (κ1) is 17.2. The molecule has 3 N–H and O–H groups in total. The normalized spacial score (nSPS) is 36.2. The van der Waals surface area contributed by atoms with Crippen LogP contribution in [0, 0.1) is 17.3 Å². The molecule has 24 heavy (non-hydrogen) atoms. The Hall–Kier alpha value is -1.63. The third-order valence-corrected chi connectivity index (χ3v) is 5.59. The van der Waals surface area contributed by atoms with Gasteiger partial charge in [-0.25, -0.2) is 4.79 Å². The van der Waals surface area contributed by atoms with Gasteiger partial charge in [-0.2, -0.15) is 0 Å². The number of ether oxygens (including phenoxy) is 1. The molecule has 4 aliphatic carbocycles. The van der Waals surface area contributed by atoms with E-state index >= 15 is 0 Å². The Morgan fingerprint density at radius 3 is 2.42 bits per heavy atom. The summed E-state index contributed by atoms with van der Waals surface area (Å²) in [5, 5.41) is 15.3. The molecule has 0 heterocycles. The lowest BCUT2D eigenvalue weighted by Gasteiger charge is -2.58. The molecule has 2 atom stereocenters. The minimum atomic E-state index is -0.745. The van der Waals surface area contributed by atoms with Crippen molar-refractivity contribution in [1.29, 1.82) is 0 Å². The highest BCUT2D eigenvalue weighted by Crippen LogP contribution is 2.61. The van der Waals surface area contributed by atoms with Crippen LogP contribution in [0.5, 0.6) is 0 Å². The fourth-order valence-electron chi connectivity index (χ4n) is 5.18. The largest absolute Gasteiger partial charge is 0.455 e. The van der Waals surface area contributed by atoms with Gasteiger partial charge in [0, 0.05) is 6.54 Å². The van der Waals surface area contributed by atoms with Crippen LogP contribution in [-0.2, 0) is 14.3 Å². The van der Waals surface area contributed by atoms with Gasteiger partial charge in [0.1, 0.15) is 0 Å². The van der Waals surface area contributed by atoms with E-state index < -0.39 is 35.5 Å². The highest BCUT2D eigenvalue weighted by molar-refractivity contribution is 5.95. The summed E-state index contributed by atoms with van der Waals surface area (Å²) >= 11 is 0. The number of rotatable bonds is 5. The van der Waals surface area contributed by atoms with E-state index in [1.807, 2.05) is 6.92 Å². The average molecular weight is 338 g/mol. The molecule has 0 unspecified atom stereocenters. The van der Waals surface area contributed by atoms with Crippen LogP contribution < -0.4 is 10.6 Å². The topological polar surface area (TPSA) is 105 Å². The number of imide groups is 1. The van der Waals surface area contributed by atoms with Gasteiger partial charge in [0.25, 0.3) is 5.91 Å². The van der Waals surface area contributed by atoms with Crippen molar-refractivity contribution in [3.05, 3.63) is 0 Å². The molecule has 3 amide bonds. The van der Waals surface area contributed by atoms with Crippen molar-refractivity contribution < 1.29 is 24.2 Å². The maximum atomic E-state index is 12.6. The lowest BCUT2D eigenvalue weighted by atomic mass is 9.48. The van der Waals surface area contributed by atoms with E-state index in [0.29, 0.717) is 24.8 Å². The Balaban J connectivity index is 1.52. The molecule has 4 rings (SSSR count). The molecule has 0 aromatic rings. The zero-order valence-electron chi connectivity index (χ0n) is 14.1. The van der Waals surface area contributed by atoms with Crippen LogP contribution in [-0.4, -0.2) is 41.8 Å². The van der Waals surface area contributed by atoms with Gasteiger partial charge in [-0.1, -0.05) is 6.92 Å². The van der Waals surface area contributed by atoms with Crippen molar-refractivity contribution >= 4 is 17.9 Å². The van der Waals surface area contributed by atoms with E-state index in [0.717, 1.165) is 38.5 Å². The molecular weight excluding hydrogens is 312 g/mol. The SMILES string of the molecule is CCCNC(=O)NC(=O)COC(=O)C12C[C@H]3C[C@@H](CC(O)(C3)C1)C2. The standard InChI is InChI=1S/C17H26N2O5/c1-2-3-18-15(22)19-13(20)9-24-14(21)16-5-11-4-12(6-16)8-17(23,7-11)10-16/h11-12,23H,2-10H2,1H3,(H2,18,19,20,22)/t11-,12-,16?,17?/m1/s1. The summed E-state index contributed by atoms with van der Waals surface area (Å²) in [6, 6.07) is -0.581. The fourth-order valence-corrected chi connectivity index (χ4v) is 5.18. The summed E-state index contributed by atoms with van der Waals surface area (Å²) in [5.74, 6) is -0.297. The third-order valence-electron chi connectivity index (χ3n) is 5.59. The summed E-state index contributed by atoms with van der Waals surface area (Å²) < 4.78 is 5.20. The summed E-state index contributed by atoms with van der Waals surface area (Å²) in [4.78, 5) is 35.7. The molecule has 0 aliphatic heterocycles. The van der Waals surface area contributed by atoms with Crippen LogP contribution in [0.4, 0.5) is 4.79 Å². The molecule has 0 saturated heterocycles. The smallest absolute Gasteiger partial charge is 0.321 e. The van der Waals surface area contributed by atoms with Crippen LogP contribution in [0.2, 0.25) is 0 Å².